The van der Waals surface area contributed by atoms with Gasteiger partial charge in [-0.3, -0.25) is 4.90 Å². The smallest absolute Gasteiger partial charge is 0.118 e. The van der Waals surface area contributed by atoms with E-state index < -0.39 is 0 Å². The van der Waals surface area contributed by atoms with E-state index in [1.165, 1.54) is 37.9 Å². The molecular weight excluding hydrogens is 248 g/mol. The van der Waals surface area contributed by atoms with Crippen LogP contribution in [0.3, 0.4) is 0 Å². The van der Waals surface area contributed by atoms with E-state index >= 15 is 0 Å². The molecular formula is C17H30N2O. The van der Waals surface area contributed by atoms with Gasteiger partial charge in [0, 0.05) is 18.2 Å². The van der Waals surface area contributed by atoms with E-state index in [0.29, 0.717) is 6.04 Å². The summed E-state index contributed by atoms with van der Waals surface area (Å²) in [6, 6.07) is 2.75. The van der Waals surface area contributed by atoms with Crippen molar-refractivity contribution < 1.29 is 4.42 Å². The standard InChI is InChI=1S/C17H30N2O/c1-5-15-6-8-19(9-7-15)12-17-10-16(14(4)20-17)11-18-13(2)3/h10,13,15,18H,5-9,11-12H2,1-4H3. The van der Waals surface area contributed by atoms with Crippen molar-refractivity contribution in [3.05, 3.63) is 23.2 Å². The van der Waals surface area contributed by atoms with Gasteiger partial charge < -0.3 is 9.73 Å². The Kier molecular flexibility index (Phi) is 5.67. The lowest BCUT2D eigenvalue weighted by atomic mass is 9.94. The van der Waals surface area contributed by atoms with Crippen molar-refractivity contribution in [2.75, 3.05) is 13.1 Å². The quantitative estimate of drug-likeness (QED) is 0.860. The Bertz CT molecular complexity index is 403. The van der Waals surface area contributed by atoms with Crippen LogP contribution in [0.2, 0.25) is 0 Å². The van der Waals surface area contributed by atoms with Crippen LogP contribution in [0.4, 0.5) is 0 Å². The summed E-state index contributed by atoms with van der Waals surface area (Å²) < 4.78 is 5.92. The molecule has 20 heavy (non-hydrogen) atoms. The van der Waals surface area contributed by atoms with Gasteiger partial charge in [-0.1, -0.05) is 27.2 Å². The number of hydrogen-bond donors (Lipinski definition) is 1. The second kappa shape index (κ2) is 7.28. The molecule has 1 aromatic heterocycles. The zero-order valence-corrected chi connectivity index (χ0v) is 13.5. The van der Waals surface area contributed by atoms with E-state index in [9.17, 15) is 0 Å². The molecule has 3 heteroatoms. The van der Waals surface area contributed by atoms with Crippen molar-refractivity contribution >= 4 is 0 Å². The van der Waals surface area contributed by atoms with Crippen LogP contribution in [0, 0.1) is 12.8 Å². The number of nitrogens with zero attached hydrogens (tertiary/aromatic N) is 1. The fourth-order valence-electron chi connectivity index (χ4n) is 2.93. The fourth-order valence-corrected chi connectivity index (χ4v) is 2.93. The molecule has 1 aliphatic rings. The first-order chi connectivity index (χ1) is 9.58. The molecule has 1 N–H and O–H groups in total. The minimum Gasteiger partial charge on any atom is -0.465 e. The first-order valence-electron chi connectivity index (χ1n) is 8.12. The summed E-state index contributed by atoms with van der Waals surface area (Å²) in [4.78, 5) is 2.53. The van der Waals surface area contributed by atoms with Gasteiger partial charge in [-0.05, 0) is 44.8 Å². The highest BCUT2D eigenvalue weighted by molar-refractivity contribution is 5.20. The number of nitrogens with one attached hydrogen (secondary N) is 1. The normalized spacial score (nSPS) is 18.1. The summed E-state index contributed by atoms with van der Waals surface area (Å²) >= 11 is 0. The van der Waals surface area contributed by atoms with E-state index in [2.05, 4.69) is 44.0 Å². The first kappa shape index (κ1) is 15.6. The Morgan fingerprint density at radius 2 is 2.05 bits per heavy atom. The highest BCUT2D eigenvalue weighted by Crippen LogP contribution is 2.23. The van der Waals surface area contributed by atoms with Crippen LogP contribution >= 0.6 is 0 Å². The first-order valence-corrected chi connectivity index (χ1v) is 8.12. The number of furan rings is 1. The highest BCUT2D eigenvalue weighted by atomic mass is 16.3. The molecule has 3 nitrogen and oxygen atoms in total. The maximum Gasteiger partial charge on any atom is 0.118 e. The molecule has 0 aliphatic carbocycles. The van der Waals surface area contributed by atoms with E-state index in [0.717, 1.165) is 30.5 Å². The van der Waals surface area contributed by atoms with Crippen molar-refractivity contribution in [1.82, 2.24) is 10.2 Å². The van der Waals surface area contributed by atoms with Gasteiger partial charge in [-0.25, -0.2) is 0 Å². The van der Waals surface area contributed by atoms with Crippen molar-refractivity contribution in [1.29, 1.82) is 0 Å². The molecule has 0 amide bonds. The SMILES string of the molecule is CCC1CCN(Cc2cc(CNC(C)C)c(C)o2)CC1. The van der Waals surface area contributed by atoms with Crippen LogP contribution in [0.15, 0.2) is 10.5 Å². The van der Waals surface area contributed by atoms with Crippen LogP contribution in [-0.2, 0) is 13.1 Å². The molecule has 0 radical (unpaired) electrons. The predicted octanol–water partition coefficient (Wildman–Crippen LogP) is 3.71. The Labute approximate surface area is 123 Å². The molecule has 2 rings (SSSR count). The summed E-state index contributed by atoms with van der Waals surface area (Å²) in [5.74, 6) is 3.13. The fraction of sp³-hybridized carbons (Fsp3) is 0.765. The Morgan fingerprint density at radius 1 is 1.35 bits per heavy atom. The Balaban J connectivity index is 1.86. The minimum atomic E-state index is 0.515. The Hall–Kier alpha value is -0.800. The van der Waals surface area contributed by atoms with Crippen LogP contribution in [0.1, 0.15) is 57.1 Å². The molecule has 0 spiro atoms. The third-order valence-corrected chi connectivity index (χ3v) is 4.44. The third kappa shape index (κ3) is 4.35. The lowest BCUT2D eigenvalue weighted by Gasteiger charge is -2.30. The lowest BCUT2D eigenvalue weighted by Crippen LogP contribution is -2.32. The minimum absolute atomic E-state index is 0.515. The summed E-state index contributed by atoms with van der Waals surface area (Å²) in [6.45, 7) is 13.1. The lowest BCUT2D eigenvalue weighted by molar-refractivity contribution is 0.164. The van der Waals surface area contributed by atoms with Crippen molar-refractivity contribution in [2.45, 2.75) is 66.1 Å². The molecule has 1 fully saturated rings. The molecule has 2 heterocycles. The van der Waals surface area contributed by atoms with Gasteiger partial charge in [0.25, 0.3) is 0 Å². The van der Waals surface area contributed by atoms with Crippen molar-refractivity contribution in [2.24, 2.45) is 5.92 Å². The summed E-state index contributed by atoms with van der Waals surface area (Å²) in [5, 5.41) is 3.46. The van der Waals surface area contributed by atoms with Crippen LogP contribution in [-0.4, -0.2) is 24.0 Å². The number of hydrogen-bond acceptors (Lipinski definition) is 3. The maximum atomic E-state index is 5.92. The molecule has 0 bridgehead atoms. The topological polar surface area (TPSA) is 28.4 Å². The monoisotopic (exact) mass is 278 g/mol. The predicted molar refractivity (Wildman–Crippen MR) is 83.7 cm³/mol. The molecule has 1 saturated heterocycles. The van der Waals surface area contributed by atoms with Gasteiger partial charge in [-0.15, -0.1) is 0 Å². The molecule has 1 aromatic rings. The van der Waals surface area contributed by atoms with E-state index in [1.807, 2.05) is 0 Å². The average molecular weight is 278 g/mol. The van der Waals surface area contributed by atoms with Gasteiger partial charge >= 0.3 is 0 Å². The van der Waals surface area contributed by atoms with E-state index in [4.69, 9.17) is 4.42 Å². The number of piperidine rings is 1. The largest absolute Gasteiger partial charge is 0.465 e. The molecule has 0 aromatic carbocycles. The van der Waals surface area contributed by atoms with Crippen molar-refractivity contribution in [3.8, 4) is 0 Å². The maximum absolute atomic E-state index is 5.92. The summed E-state index contributed by atoms with van der Waals surface area (Å²) in [6.07, 6.45) is 4.02. The molecule has 0 saturated carbocycles. The zero-order valence-electron chi connectivity index (χ0n) is 13.5. The summed E-state index contributed by atoms with van der Waals surface area (Å²) in [7, 11) is 0. The number of likely N-dealkylation sites (tertiary alicyclic amines) is 1. The van der Waals surface area contributed by atoms with Gasteiger partial charge in [-0.2, -0.15) is 0 Å². The van der Waals surface area contributed by atoms with Crippen LogP contribution < -0.4 is 5.32 Å². The second-order valence-electron chi connectivity index (χ2n) is 6.46. The van der Waals surface area contributed by atoms with Gasteiger partial charge in [0.15, 0.2) is 0 Å². The van der Waals surface area contributed by atoms with Gasteiger partial charge in [0.05, 0.1) is 6.54 Å². The average Bonchev–Trinajstić information content (AvgIpc) is 2.77. The van der Waals surface area contributed by atoms with E-state index in [1.54, 1.807) is 0 Å². The second-order valence-corrected chi connectivity index (χ2v) is 6.46. The van der Waals surface area contributed by atoms with Crippen LogP contribution in [0.25, 0.3) is 0 Å². The summed E-state index contributed by atoms with van der Waals surface area (Å²) in [5.41, 5.74) is 1.30. The molecule has 0 unspecified atom stereocenters. The molecule has 114 valence electrons. The molecule has 1 aliphatic heterocycles. The van der Waals surface area contributed by atoms with Gasteiger partial charge in [0.2, 0.25) is 0 Å². The van der Waals surface area contributed by atoms with Gasteiger partial charge in [0.1, 0.15) is 11.5 Å². The van der Waals surface area contributed by atoms with Crippen LogP contribution in [0.5, 0.6) is 0 Å². The number of aryl methyl sites for hydroxylation is 1. The highest BCUT2D eigenvalue weighted by Gasteiger charge is 2.19. The molecule has 0 atom stereocenters. The third-order valence-electron chi connectivity index (χ3n) is 4.44. The van der Waals surface area contributed by atoms with Crippen molar-refractivity contribution in [3.63, 3.8) is 0 Å². The number of rotatable bonds is 6. The Morgan fingerprint density at radius 3 is 2.65 bits per heavy atom. The van der Waals surface area contributed by atoms with E-state index in [-0.39, 0.29) is 0 Å². The zero-order chi connectivity index (χ0) is 14.5.